The topological polar surface area (TPSA) is 56.7 Å². The van der Waals surface area contributed by atoms with Crippen LogP contribution in [0.5, 0.6) is 0 Å². The molecule has 5 nitrogen and oxygen atoms in total. The lowest BCUT2D eigenvalue weighted by atomic mass is 10.0. The van der Waals surface area contributed by atoms with E-state index in [1.807, 2.05) is 42.5 Å². The van der Waals surface area contributed by atoms with Crippen LogP contribution in [0.3, 0.4) is 0 Å². The molecule has 0 amide bonds. The maximum atomic E-state index is 6.76. The lowest BCUT2D eigenvalue weighted by Gasteiger charge is -2.10. The molecule has 8 aromatic carbocycles. The Labute approximate surface area is 322 Å². The molecule has 3 aromatic heterocycles. The smallest absolute Gasteiger partial charge is 0.164 e. The third-order valence-corrected chi connectivity index (χ3v) is 10.7. The molecule has 262 valence electrons. The predicted octanol–water partition coefficient (Wildman–Crippen LogP) is 13.2. The zero-order valence-electron chi connectivity index (χ0n) is 30.2. The normalized spacial score (nSPS) is 11.6. The van der Waals surface area contributed by atoms with Crippen LogP contribution in [0.1, 0.15) is 0 Å². The monoisotopic (exact) mass is 716 g/mol. The van der Waals surface area contributed by atoms with Gasteiger partial charge >= 0.3 is 0 Å². The summed E-state index contributed by atoms with van der Waals surface area (Å²) in [5.41, 5.74) is 12.3. The molecule has 56 heavy (non-hydrogen) atoms. The summed E-state index contributed by atoms with van der Waals surface area (Å²) in [6.45, 7) is 0. The van der Waals surface area contributed by atoms with Gasteiger partial charge in [-0.1, -0.05) is 152 Å². The Morgan fingerprint density at radius 1 is 0.321 bits per heavy atom. The largest absolute Gasteiger partial charge is 0.454 e. The van der Waals surface area contributed by atoms with Crippen LogP contribution in [0, 0.1) is 0 Å². The number of nitrogens with zero attached hydrogens (tertiary/aromatic N) is 4. The van der Waals surface area contributed by atoms with Gasteiger partial charge in [-0.15, -0.1) is 0 Å². The molecule has 0 atom stereocenters. The Bertz CT molecular complexity index is 3220. The van der Waals surface area contributed by atoms with Gasteiger partial charge in [-0.2, -0.15) is 0 Å². The van der Waals surface area contributed by atoms with Crippen LogP contribution < -0.4 is 0 Å². The van der Waals surface area contributed by atoms with Crippen molar-refractivity contribution in [1.82, 2.24) is 19.5 Å². The number of hydrogen-bond acceptors (Lipinski definition) is 4. The van der Waals surface area contributed by atoms with Gasteiger partial charge in [-0.3, -0.25) is 0 Å². The quantitative estimate of drug-likeness (QED) is 0.172. The van der Waals surface area contributed by atoms with Gasteiger partial charge in [-0.05, 0) is 64.7 Å². The average Bonchev–Trinajstić information content (AvgIpc) is 3.82. The second-order valence-corrected chi connectivity index (χ2v) is 14.0. The molecule has 0 saturated carbocycles. The molecule has 0 aliphatic rings. The van der Waals surface area contributed by atoms with E-state index in [4.69, 9.17) is 19.4 Å². The van der Waals surface area contributed by atoms with E-state index in [0.29, 0.717) is 17.5 Å². The van der Waals surface area contributed by atoms with Crippen LogP contribution in [-0.2, 0) is 0 Å². The lowest BCUT2D eigenvalue weighted by molar-refractivity contribution is 0.666. The molecule has 0 aliphatic carbocycles. The number of benzene rings is 8. The van der Waals surface area contributed by atoms with Crippen LogP contribution in [-0.4, -0.2) is 19.5 Å². The first kappa shape index (κ1) is 31.9. The molecule has 3 heterocycles. The summed E-state index contributed by atoms with van der Waals surface area (Å²) in [6.07, 6.45) is 0. The fourth-order valence-corrected chi connectivity index (χ4v) is 7.93. The second kappa shape index (κ2) is 13.0. The van der Waals surface area contributed by atoms with Crippen LogP contribution in [0.15, 0.2) is 199 Å². The van der Waals surface area contributed by atoms with Crippen molar-refractivity contribution in [3.63, 3.8) is 0 Å². The van der Waals surface area contributed by atoms with Gasteiger partial charge in [0.2, 0.25) is 0 Å². The van der Waals surface area contributed by atoms with Gasteiger partial charge < -0.3 is 8.98 Å². The van der Waals surface area contributed by atoms with E-state index < -0.39 is 0 Å². The Balaban J connectivity index is 1.06. The van der Waals surface area contributed by atoms with Crippen molar-refractivity contribution in [1.29, 1.82) is 0 Å². The Morgan fingerprint density at radius 3 is 1.54 bits per heavy atom. The van der Waals surface area contributed by atoms with Gasteiger partial charge in [0.05, 0.1) is 16.7 Å². The zero-order chi connectivity index (χ0) is 37.0. The summed E-state index contributed by atoms with van der Waals surface area (Å²) < 4.78 is 9.07. The van der Waals surface area contributed by atoms with E-state index in [0.717, 1.165) is 82.8 Å². The number of rotatable bonds is 6. The van der Waals surface area contributed by atoms with Gasteiger partial charge in [0, 0.05) is 38.2 Å². The standard InChI is InChI=1S/C51H32N4O/c1-4-13-33(14-5-1)35-23-25-37(26-24-35)50-52-49(36-17-8-3-9-18-36)53-51(54-50)39-28-30-45-43(31-39)40-19-10-11-21-44(40)55(45)46-22-12-20-42-41-29-27-38(32-47(41)56-48(42)46)34-15-6-2-7-16-34/h1-32H. The molecule has 5 heteroatoms. The summed E-state index contributed by atoms with van der Waals surface area (Å²) >= 11 is 0. The first-order chi connectivity index (χ1) is 27.7. The van der Waals surface area contributed by atoms with Crippen molar-refractivity contribution in [2.45, 2.75) is 0 Å². The highest BCUT2D eigenvalue weighted by atomic mass is 16.3. The highest BCUT2D eigenvalue weighted by Gasteiger charge is 2.20. The van der Waals surface area contributed by atoms with Gasteiger partial charge in [0.15, 0.2) is 23.1 Å². The minimum atomic E-state index is 0.619. The fourth-order valence-electron chi connectivity index (χ4n) is 7.93. The molecule has 0 spiro atoms. The van der Waals surface area contributed by atoms with E-state index in [1.165, 1.54) is 5.56 Å². The molecule has 0 bridgehead atoms. The van der Waals surface area contributed by atoms with Crippen molar-refractivity contribution >= 4 is 43.7 Å². The minimum absolute atomic E-state index is 0.619. The number of aromatic nitrogens is 4. The summed E-state index contributed by atoms with van der Waals surface area (Å²) in [5.74, 6) is 1.88. The zero-order valence-corrected chi connectivity index (χ0v) is 30.2. The van der Waals surface area contributed by atoms with Crippen LogP contribution in [0.4, 0.5) is 0 Å². The van der Waals surface area contributed by atoms with E-state index in [9.17, 15) is 0 Å². The van der Waals surface area contributed by atoms with Gasteiger partial charge in [-0.25, -0.2) is 15.0 Å². The van der Waals surface area contributed by atoms with E-state index in [2.05, 4.69) is 156 Å². The Kier molecular flexibility index (Phi) is 7.42. The van der Waals surface area contributed by atoms with E-state index in [-0.39, 0.29) is 0 Å². The van der Waals surface area contributed by atoms with Crippen molar-refractivity contribution in [2.24, 2.45) is 0 Å². The highest BCUT2D eigenvalue weighted by Crippen LogP contribution is 2.40. The summed E-state index contributed by atoms with van der Waals surface area (Å²) in [5, 5.41) is 4.42. The number of para-hydroxylation sites is 2. The fraction of sp³-hybridized carbons (Fsp3) is 0. The summed E-state index contributed by atoms with van der Waals surface area (Å²) in [7, 11) is 0. The molecular weight excluding hydrogens is 685 g/mol. The molecule has 0 unspecified atom stereocenters. The molecule has 0 saturated heterocycles. The second-order valence-electron chi connectivity index (χ2n) is 14.0. The minimum Gasteiger partial charge on any atom is -0.454 e. The first-order valence-electron chi connectivity index (χ1n) is 18.8. The molecule has 0 N–H and O–H groups in total. The third kappa shape index (κ3) is 5.37. The number of furan rings is 1. The van der Waals surface area contributed by atoms with Crippen molar-refractivity contribution in [2.75, 3.05) is 0 Å². The molecule has 0 aliphatic heterocycles. The number of fused-ring (bicyclic) bond motifs is 6. The molecule has 11 rings (SSSR count). The van der Waals surface area contributed by atoms with Crippen molar-refractivity contribution < 1.29 is 4.42 Å². The van der Waals surface area contributed by atoms with Crippen LogP contribution in [0.2, 0.25) is 0 Å². The maximum absolute atomic E-state index is 6.76. The molecule has 11 aromatic rings. The third-order valence-electron chi connectivity index (χ3n) is 10.7. The van der Waals surface area contributed by atoms with E-state index >= 15 is 0 Å². The molecule has 0 fully saturated rings. The summed E-state index contributed by atoms with van der Waals surface area (Å²) in [6, 6.07) is 67.4. The predicted molar refractivity (Wildman–Crippen MR) is 229 cm³/mol. The van der Waals surface area contributed by atoms with Crippen molar-refractivity contribution in [3.8, 4) is 62.1 Å². The maximum Gasteiger partial charge on any atom is 0.164 e. The number of hydrogen-bond donors (Lipinski definition) is 0. The SMILES string of the molecule is c1ccc(-c2ccc(-c3nc(-c4ccccc4)nc(-c4ccc5c(c4)c4ccccc4n5-c4cccc5c4oc4cc(-c6ccccc6)ccc45)n3)cc2)cc1. The molecule has 0 radical (unpaired) electrons. The Morgan fingerprint density at radius 2 is 0.821 bits per heavy atom. The average molecular weight is 717 g/mol. The van der Waals surface area contributed by atoms with E-state index in [1.54, 1.807) is 0 Å². The van der Waals surface area contributed by atoms with Crippen LogP contribution in [0.25, 0.3) is 106 Å². The first-order valence-corrected chi connectivity index (χ1v) is 18.8. The van der Waals surface area contributed by atoms with Crippen LogP contribution >= 0.6 is 0 Å². The molecular formula is C51H32N4O. The highest BCUT2D eigenvalue weighted by molar-refractivity contribution is 6.13. The van der Waals surface area contributed by atoms with Gasteiger partial charge in [0.1, 0.15) is 5.58 Å². The van der Waals surface area contributed by atoms with Crippen molar-refractivity contribution in [3.05, 3.63) is 194 Å². The Hall–Kier alpha value is -7.63. The summed E-state index contributed by atoms with van der Waals surface area (Å²) in [4.78, 5) is 15.2. The lowest BCUT2D eigenvalue weighted by Crippen LogP contribution is -2.00. The van der Waals surface area contributed by atoms with Gasteiger partial charge in [0.25, 0.3) is 0 Å².